The van der Waals surface area contributed by atoms with Crippen LogP contribution >= 0.6 is 0 Å². The van der Waals surface area contributed by atoms with Crippen molar-refractivity contribution in [1.29, 1.82) is 0 Å². The number of benzene rings is 3. The fraction of sp³-hybridized carbons (Fsp3) is 0.406. The number of fused-ring (bicyclic) bond motifs is 3. The van der Waals surface area contributed by atoms with Crippen LogP contribution in [0.15, 0.2) is 72.8 Å². The number of piperazine rings is 1. The number of carbonyl (C=O) groups excluding carboxylic acids is 1. The molecule has 0 aromatic heterocycles. The fourth-order valence-electron chi connectivity index (χ4n) is 6.40. The van der Waals surface area contributed by atoms with E-state index in [1.54, 1.807) is 0 Å². The first-order valence-electron chi connectivity index (χ1n) is 13.9. The summed E-state index contributed by atoms with van der Waals surface area (Å²) in [4.78, 5) is 20.5. The number of morpholine rings is 1. The van der Waals surface area contributed by atoms with Crippen LogP contribution in [0.2, 0.25) is 0 Å². The van der Waals surface area contributed by atoms with Crippen molar-refractivity contribution in [2.45, 2.75) is 32.1 Å². The van der Waals surface area contributed by atoms with Crippen molar-refractivity contribution in [3.05, 3.63) is 89.5 Å². The van der Waals surface area contributed by atoms with Crippen LogP contribution in [-0.2, 0) is 4.74 Å². The van der Waals surface area contributed by atoms with Gasteiger partial charge in [0.1, 0.15) is 12.4 Å². The van der Waals surface area contributed by atoms with E-state index in [-0.39, 0.29) is 24.2 Å². The maximum Gasteiger partial charge on any atom is 0.257 e. The van der Waals surface area contributed by atoms with Crippen LogP contribution in [-0.4, -0.2) is 85.2 Å². The Balaban J connectivity index is 1.09. The number of amides is 1. The van der Waals surface area contributed by atoms with Crippen LogP contribution < -0.4 is 4.74 Å². The molecule has 2 heterocycles. The number of ether oxygens (including phenoxy) is 2. The van der Waals surface area contributed by atoms with Gasteiger partial charge in [-0.2, -0.15) is 0 Å². The summed E-state index contributed by atoms with van der Waals surface area (Å²) in [5, 5.41) is 0. The normalized spacial score (nSPS) is 22.2. The Morgan fingerprint density at radius 2 is 1.39 bits per heavy atom. The molecule has 3 aromatic rings. The summed E-state index contributed by atoms with van der Waals surface area (Å²) in [5.41, 5.74) is 6.06. The first-order valence-corrected chi connectivity index (χ1v) is 13.9. The number of hydrogen-bond acceptors (Lipinski definition) is 5. The number of nitrogens with zero attached hydrogens (tertiary/aromatic N) is 3. The number of rotatable bonds is 6. The second-order valence-corrected chi connectivity index (χ2v) is 10.8. The van der Waals surface area contributed by atoms with Gasteiger partial charge >= 0.3 is 0 Å². The largest absolute Gasteiger partial charge is 0.491 e. The summed E-state index contributed by atoms with van der Waals surface area (Å²) in [6.07, 6.45) is 0.468. The first kappa shape index (κ1) is 25.1. The van der Waals surface area contributed by atoms with Crippen molar-refractivity contribution < 1.29 is 14.3 Å². The molecule has 3 aliphatic rings. The lowest BCUT2D eigenvalue weighted by molar-refractivity contribution is -0.0699. The van der Waals surface area contributed by atoms with Gasteiger partial charge in [0.25, 0.3) is 5.91 Å². The lowest BCUT2D eigenvalue weighted by Crippen LogP contribution is -2.49. The third-order valence-corrected chi connectivity index (χ3v) is 8.05. The van der Waals surface area contributed by atoms with Crippen molar-refractivity contribution in [2.75, 3.05) is 52.4 Å². The Kier molecular flexibility index (Phi) is 7.20. The zero-order valence-corrected chi connectivity index (χ0v) is 22.4. The molecule has 38 heavy (non-hydrogen) atoms. The highest BCUT2D eigenvalue weighted by atomic mass is 16.5. The second-order valence-electron chi connectivity index (χ2n) is 10.8. The van der Waals surface area contributed by atoms with E-state index < -0.39 is 0 Å². The zero-order chi connectivity index (χ0) is 26.1. The molecule has 2 fully saturated rings. The molecule has 6 rings (SSSR count). The minimum Gasteiger partial charge on any atom is -0.491 e. The quantitative estimate of drug-likeness (QED) is 0.480. The van der Waals surface area contributed by atoms with E-state index in [4.69, 9.17) is 9.47 Å². The van der Waals surface area contributed by atoms with Gasteiger partial charge in [-0.3, -0.25) is 14.6 Å². The maximum atomic E-state index is 13.6. The van der Waals surface area contributed by atoms with E-state index in [0.717, 1.165) is 32.7 Å². The predicted molar refractivity (Wildman–Crippen MR) is 150 cm³/mol. The maximum absolute atomic E-state index is 13.6. The summed E-state index contributed by atoms with van der Waals surface area (Å²) in [5.74, 6) is 0.731. The molecule has 0 radical (unpaired) electrons. The van der Waals surface area contributed by atoms with Crippen molar-refractivity contribution in [1.82, 2.24) is 14.7 Å². The Bertz CT molecular complexity index is 1230. The molecule has 2 aliphatic heterocycles. The summed E-state index contributed by atoms with van der Waals surface area (Å²) >= 11 is 0. The van der Waals surface area contributed by atoms with Gasteiger partial charge in [0.2, 0.25) is 0 Å². The third kappa shape index (κ3) is 4.96. The van der Waals surface area contributed by atoms with Gasteiger partial charge in [-0.15, -0.1) is 0 Å². The Morgan fingerprint density at radius 1 is 0.816 bits per heavy atom. The van der Waals surface area contributed by atoms with E-state index in [1.807, 2.05) is 29.2 Å². The average molecular weight is 512 g/mol. The molecule has 0 saturated carbocycles. The number of para-hydroxylation sites is 1. The van der Waals surface area contributed by atoms with Gasteiger partial charge in [0.05, 0.1) is 23.8 Å². The van der Waals surface area contributed by atoms with Crippen molar-refractivity contribution in [2.24, 2.45) is 0 Å². The SMILES string of the molecule is C[C@@H]1CN(CCOc2ccccc2C(=O)N2CCN(C3c4ccccc4-c4ccccc43)CC2)C[C@H](C)O1. The van der Waals surface area contributed by atoms with Gasteiger partial charge in [0, 0.05) is 45.8 Å². The highest BCUT2D eigenvalue weighted by molar-refractivity contribution is 5.97. The van der Waals surface area contributed by atoms with Crippen LogP contribution in [0.4, 0.5) is 0 Å². The molecular weight excluding hydrogens is 474 g/mol. The molecular formula is C32H37N3O3. The highest BCUT2D eigenvalue weighted by Crippen LogP contribution is 2.46. The number of hydrogen-bond donors (Lipinski definition) is 0. The van der Waals surface area contributed by atoms with Crippen LogP contribution in [0.1, 0.15) is 41.4 Å². The summed E-state index contributed by atoms with van der Waals surface area (Å²) in [6, 6.07) is 25.4. The van der Waals surface area contributed by atoms with Crippen LogP contribution in [0, 0.1) is 0 Å². The standard InChI is InChI=1S/C32H37N3O3/c1-23-21-33(22-24(2)38-23)19-20-37-30-14-8-7-13-29(30)32(36)35-17-15-34(16-18-35)31-27-11-5-3-9-25(27)26-10-4-6-12-28(26)31/h3-14,23-24,31H,15-22H2,1-2H3/t23-,24+. The number of carbonyl (C=O) groups is 1. The van der Waals surface area contributed by atoms with Crippen LogP contribution in [0.25, 0.3) is 11.1 Å². The predicted octanol–water partition coefficient (Wildman–Crippen LogP) is 4.70. The molecule has 198 valence electrons. The van der Waals surface area contributed by atoms with Gasteiger partial charge < -0.3 is 14.4 Å². The molecule has 6 nitrogen and oxygen atoms in total. The third-order valence-electron chi connectivity index (χ3n) is 8.05. The van der Waals surface area contributed by atoms with Crippen LogP contribution in [0.5, 0.6) is 5.75 Å². The molecule has 3 aromatic carbocycles. The van der Waals surface area contributed by atoms with E-state index >= 15 is 0 Å². The highest BCUT2D eigenvalue weighted by Gasteiger charge is 2.35. The van der Waals surface area contributed by atoms with E-state index in [0.29, 0.717) is 31.0 Å². The monoisotopic (exact) mass is 511 g/mol. The Hall–Kier alpha value is -3.19. The molecule has 1 amide bonds. The average Bonchev–Trinajstić information content (AvgIpc) is 3.27. The molecule has 0 N–H and O–H groups in total. The minimum atomic E-state index is 0.0566. The van der Waals surface area contributed by atoms with Crippen molar-refractivity contribution in [3.8, 4) is 16.9 Å². The van der Waals surface area contributed by atoms with Crippen molar-refractivity contribution >= 4 is 5.91 Å². The minimum absolute atomic E-state index is 0.0566. The second kappa shape index (κ2) is 10.9. The summed E-state index contributed by atoms with van der Waals surface area (Å²) in [6.45, 7) is 10.5. The van der Waals surface area contributed by atoms with E-state index in [9.17, 15) is 4.79 Å². The molecule has 1 aliphatic carbocycles. The van der Waals surface area contributed by atoms with Crippen LogP contribution in [0.3, 0.4) is 0 Å². The van der Waals surface area contributed by atoms with Gasteiger partial charge in [-0.05, 0) is 48.2 Å². The molecule has 2 atom stereocenters. The van der Waals surface area contributed by atoms with E-state index in [2.05, 4.69) is 72.2 Å². The lowest BCUT2D eigenvalue weighted by atomic mass is 10.0. The van der Waals surface area contributed by atoms with Gasteiger partial charge in [0.15, 0.2) is 0 Å². The molecule has 0 unspecified atom stereocenters. The first-order chi connectivity index (χ1) is 18.6. The molecule has 0 spiro atoms. The van der Waals surface area contributed by atoms with Gasteiger partial charge in [-0.25, -0.2) is 0 Å². The molecule has 6 heteroatoms. The molecule has 0 bridgehead atoms. The summed E-state index contributed by atoms with van der Waals surface area (Å²) < 4.78 is 12.0. The molecule has 2 saturated heterocycles. The zero-order valence-electron chi connectivity index (χ0n) is 22.4. The van der Waals surface area contributed by atoms with Gasteiger partial charge in [-0.1, -0.05) is 60.7 Å². The smallest absolute Gasteiger partial charge is 0.257 e. The lowest BCUT2D eigenvalue weighted by Gasteiger charge is -2.39. The fourth-order valence-corrected chi connectivity index (χ4v) is 6.40. The topological polar surface area (TPSA) is 45.2 Å². The van der Waals surface area contributed by atoms with Crippen molar-refractivity contribution in [3.63, 3.8) is 0 Å². The Morgan fingerprint density at radius 3 is 2.05 bits per heavy atom. The summed E-state index contributed by atoms with van der Waals surface area (Å²) in [7, 11) is 0. The van der Waals surface area contributed by atoms with E-state index in [1.165, 1.54) is 22.3 Å². The Labute approximate surface area is 225 Å².